The van der Waals surface area contributed by atoms with E-state index in [1.807, 2.05) is 0 Å². The second-order valence-corrected chi connectivity index (χ2v) is 28.5. The van der Waals surface area contributed by atoms with Crippen LogP contribution < -0.4 is 14.4 Å². The fourth-order valence-corrected chi connectivity index (χ4v) is 15.2. The van der Waals surface area contributed by atoms with Gasteiger partial charge in [-0.15, -0.1) is 0 Å². The summed E-state index contributed by atoms with van der Waals surface area (Å²) in [6.45, 7) is 30.5. The van der Waals surface area contributed by atoms with E-state index in [1.54, 1.807) is 0 Å². The van der Waals surface area contributed by atoms with Crippen LogP contribution in [0.3, 0.4) is 0 Å². The number of hydrogen-bond acceptors (Lipinski definition) is 3. The summed E-state index contributed by atoms with van der Waals surface area (Å²) in [5.74, 6) is 3.87. The van der Waals surface area contributed by atoms with Gasteiger partial charge < -0.3 is 14.4 Å². The van der Waals surface area contributed by atoms with Crippen molar-refractivity contribution in [3.8, 4) is 39.5 Å². The highest BCUT2D eigenvalue weighted by Crippen LogP contribution is 2.66. The number of benzene rings is 8. The average Bonchev–Trinajstić information content (AvgIpc) is 2.11. The lowest BCUT2D eigenvalue weighted by Gasteiger charge is -2.47. The van der Waals surface area contributed by atoms with Gasteiger partial charge >= 0.3 is 0 Å². The molecule has 2 heterocycles. The number of para-hydroxylation sites is 1. The largest absolute Gasteiger partial charge is 0.461 e. The van der Waals surface area contributed by atoms with Crippen LogP contribution in [0.4, 0.5) is 11.4 Å². The number of allylic oxidation sites excluding steroid dienone is 6. The van der Waals surface area contributed by atoms with E-state index < -0.39 is 16.4 Å². The van der Waals surface area contributed by atoms with Gasteiger partial charge in [-0.3, -0.25) is 0 Å². The number of ether oxygens (including phenoxy) is 2. The summed E-state index contributed by atoms with van der Waals surface area (Å²) in [6, 6.07) is 65.3. The van der Waals surface area contributed by atoms with Gasteiger partial charge in [0.25, 0.3) is 0 Å². The second-order valence-electron chi connectivity index (χ2n) is 28.5. The van der Waals surface area contributed by atoms with E-state index in [-0.39, 0.29) is 21.7 Å². The molecule has 2 unspecified atom stereocenters. The van der Waals surface area contributed by atoms with Crippen LogP contribution in [0.25, 0.3) is 27.8 Å². The van der Waals surface area contributed by atoms with Crippen molar-refractivity contribution in [2.45, 2.75) is 142 Å². The molecule has 8 aromatic rings. The van der Waals surface area contributed by atoms with Gasteiger partial charge in [-0.2, -0.15) is 0 Å². The van der Waals surface area contributed by atoms with E-state index in [9.17, 15) is 0 Å². The van der Waals surface area contributed by atoms with Crippen molar-refractivity contribution >= 4 is 16.9 Å². The van der Waals surface area contributed by atoms with Gasteiger partial charge in [0, 0.05) is 40.1 Å². The summed E-state index contributed by atoms with van der Waals surface area (Å²) >= 11 is 0. The number of anilines is 2. The molecule has 0 N–H and O–H groups in total. The Kier molecular flexibility index (Phi) is 11.3. The van der Waals surface area contributed by atoms with Crippen LogP contribution in [-0.2, 0) is 27.1 Å². The van der Waals surface area contributed by atoms with Crippen LogP contribution in [0.2, 0.25) is 0 Å². The molecule has 8 aromatic carbocycles. The molecule has 0 aromatic heterocycles. The summed E-state index contributed by atoms with van der Waals surface area (Å²) in [6.07, 6.45) is 12.3. The molecule has 0 radical (unpaired) electrons. The molecule has 4 aliphatic carbocycles. The molecule has 2 aliphatic heterocycles. The molecule has 0 saturated heterocycles. The minimum Gasteiger partial charge on any atom is -0.461 e. The summed E-state index contributed by atoms with van der Waals surface area (Å²) < 4.78 is 14.3. The van der Waals surface area contributed by atoms with Gasteiger partial charge in [0.2, 0.25) is 0 Å². The highest BCUT2D eigenvalue weighted by atomic mass is 16.5. The lowest BCUT2D eigenvalue weighted by atomic mass is 9.62. The summed E-state index contributed by atoms with van der Waals surface area (Å²) in [7, 11) is 0. The highest BCUT2D eigenvalue weighted by molar-refractivity contribution is 5.99. The van der Waals surface area contributed by atoms with Crippen LogP contribution in [0, 0.1) is 5.41 Å². The van der Waals surface area contributed by atoms with Gasteiger partial charge in [0.1, 0.15) is 23.0 Å². The van der Waals surface area contributed by atoms with Crippen molar-refractivity contribution in [2.24, 2.45) is 5.41 Å². The first-order chi connectivity index (χ1) is 39.0. The molecule has 2 spiro atoms. The van der Waals surface area contributed by atoms with Gasteiger partial charge in [-0.05, 0) is 174 Å². The van der Waals surface area contributed by atoms with Crippen LogP contribution >= 0.6 is 0 Å². The Bertz CT molecular complexity index is 4070. The maximum Gasteiger partial charge on any atom is 0.132 e. The molecular weight excluding hydrogens is 995 g/mol. The Hall–Kier alpha value is -7.88. The van der Waals surface area contributed by atoms with Crippen LogP contribution in [0.5, 0.6) is 17.2 Å². The molecule has 0 saturated carbocycles. The fraction of sp³-hybridized carbons (Fsp3) is 0.291. The summed E-state index contributed by atoms with van der Waals surface area (Å²) in [5, 5.41) is 0. The predicted octanol–water partition coefficient (Wildman–Crippen LogP) is 20.7. The van der Waals surface area contributed by atoms with Crippen molar-refractivity contribution in [1.29, 1.82) is 0 Å². The Labute approximate surface area is 487 Å². The minimum atomic E-state index is -0.655. The molecule has 3 heteroatoms. The first-order valence-corrected chi connectivity index (χ1v) is 30.0. The molecule has 0 fully saturated rings. The Morgan fingerprint density at radius 3 is 1.55 bits per heavy atom. The van der Waals surface area contributed by atoms with Crippen molar-refractivity contribution in [1.82, 2.24) is 0 Å². The van der Waals surface area contributed by atoms with Gasteiger partial charge in [0.15, 0.2) is 0 Å². The number of rotatable bonds is 4. The maximum atomic E-state index is 7.19. The topological polar surface area (TPSA) is 21.7 Å². The fourth-order valence-electron chi connectivity index (χ4n) is 15.2. The molecule has 0 amide bonds. The Morgan fingerprint density at radius 2 is 0.939 bits per heavy atom. The third-order valence-electron chi connectivity index (χ3n) is 19.5. The summed E-state index contributed by atoms with van der Waals surface area (Å²) in [4.78, 5) is 2.68. The van der Waals surface area contributed by atoms with E-state index in [4.69, 9.17) is 9.47 Å². The van der Waals surface area contributed by atoms with Gasteiger partial charge in [-0.25, -0.2) is 0 Å². The number of fused-ring (bicyclic) bond motifs is 17. The van der Waals surface area contributed by atoms with Crippen molar-refractivity contribution in [3.05, 3.63) is 272 Å². The first-order valence-electron chi connectivity index (χ1n) is 30.0. The standard InChI is InChI=1S/C79H77NO2/c1-73(2,3)49-33-39-68-64(44-49)78(65-45-50(74(4,5)6)34-40-69(65)81-68)61-31-20-18-27-58(61)72-57(28-23-32-62(72)78)59-29-21-22-43-77(59,13)80(53-24-15-14-16-25-53)54-37-38-56-55-26-17-19-30-60(55)79(63(56)48-54)66-46-51(75(7,8)9)35-41-70(66)82-71-42-36-52(47-67(71)79)76(10,11)12/h14-35,37-41,44-48H,36,42-43H2,1-13H3. The lowest BCUT2D eigenvalue weighted by molar-refractivity contribution is 0.351. The normalized spacial score (nSPS) is 19.8. The molecule has 2 atom stereocenters. The van der Waals surface area contributed by atoms with Crippen LogP contribution in [0.15, 0.2) is 211 Å². The molecule has 6 aliphatic rings. The molecule has 0 bridgehead atoms. The zero-order valence-electron chi connectivity index (χ0n) is 50.4. The molecule has 410 valence electrons. The van der Waals surface area contributed by atoms with Crippen LogP contribution in [-0.4, -0.2) is 5.54 Å². The smallest absolute Gasteiger partial charge is 0.132 e. The third-order valence-corrected chi connectivity index (χ3v) is 19.5. The Balaban J connectivity index is 1.02. The zero-order valence-corrected chi connectivity index (χ0v) is 50.4. The van der Waals surface area contributed by atoms with Crippen molar-refractivity contribution in [3.63, 3.8) is 0 Å². The quantitative estimate of drug-likeness (QED) is 0.175. The molecule has 82 heavy (non-hydrogen) atoms. The maximum absolute atomic E-state index is 7.19. The van der Waals surface area contributed by atoms with Crippen molar-refractivity contribution in [2.75, 3.05) is 4.90 Å². The predicted molar refractivity (Wildman–Crippen MR) is 341 cm³/mol. The molecular formula is C79H77NO2. The lowest BCUT2D eigenvalue weighted by Crippen LogP contribution is -2.45. The van der Waals surface area contributed by atoms with E-state index >= 15 is 0 Å². The number of hydrogen-bond donors (Lipinski definition) is 0. The van der Waals surface area contributed by atoms with Crippen molar-refractivity contribution < 1.29 is 9.47 Å². The summed E-state index contributed by atoms with van der Waals surface area (Å²) in [5.41, 5.74) is 23.3. The second kappa shape index (κ2) is 17.8. The zero-order chi connectivity index (χ0) is 57.1. The van der Waals surface area contributed by atoms with Gasteiger partial charge in [0.05, 0.1) is 16.4 Å². The average molecular weight is 1070 g/mol. The van der Waals surface area contributed by atoms with Crippen LogP contribution in [0.1, 0.15) is 170 Å². The van der Waals surface area contributed by atoms with E-state index in [1.165, 1.54) is 100 Å². The first kappa shape index (κ1) is 52.2. The molecule has 14 rings (SSSR count). The van der Waals surface area contributed by atoms with Gasteiger partial charge in [-0.1, -0.05) is 222 Å². The van der Waals surface area contributed by atoms with E-state index in [2.05, 4.69) is 289 Å². The molecule has 3 nitrogen and oxygen atoms in total. The highest BCUT2D eigenvalue weighted by Gasteiger charge is 2.56. The van der Waals surface area contributed by atoms with E-state index in [0.29, 0.717) is 0 Å². The van der Waals surface area contributed by atoms with E-state index in [0.717, 1.165) is 53.6 Å². The number of nitrogens with zero attached hydrogens (tertiary/aromatic N) is 1. The third kappa shape index (κ3) is 7.46. The Morgan fingerprint density at radius 1 is 0.415 bits per heavy atom. The SMILES string of the molecule is CC(C)(C)C1=CC2=C(CC1)Oc1ccc(C(C)(C)C)cc1C21c2ccccc2-c2ccc(N(c3ccccc3)C3(C)CC=CC=C3c3cccc4c3-c3ccccc3C43c4cc(C(C)(C)C)ccc4Oc4ccc(C(C)(C)C)cc43)cc21. The monoisotopic (exact) mass is 1070 g/mol. The minimum absolute atomic E-state index is 0.00790.